The van der Waals surface area contributed by atoms with E-state index in [1.165, 1.54) is 23.9 Å². The third-order valence-electron chi connectivity index (χ3n) is 5.60. The maximum atomic E-state index is 13.4. The minimum Gasteiger partial charge on any atom is -0.497 e. The second-order valence-corrected chi connectivity index (χ2v) is 9.49. The molecule has 1 aliphatic heterocycles. The van der Waals surface area contributed by atoms with Gasteiger partial charge in [0.25, 0.3) is 0 Å². The number of amidine groups is 1. The summed E-state index contributed by atoms with van der Waals surface area (Å²) in [6.45, 7) is 4.16. The number of methoxy groups -OCH3 is 1. The van der Waals surface area contributed by atoms with E-state index in [1.54, 1.807) is 48.4 Å². The number of aliphatic imine (C=N–C) groups is 1. The second kappa shape index (κ2) is 10.7. The molecule has 8 heteroatoms. The molecule has 0 spiro atoms. The van der Waals surface area contributed by atoms with Crippen molar-refractivity contribution in [2.24, 2.45) is 4.99 Å². The number of hydrogen-bond donors (Lipinski definition) is 1. The Kier molecular flexibility index (Phi) is 7.51. The van der Waals surface area contributed by atoms with Gasteiger partial charge in [-0.2, -0.15) is 0 Å². The molecule has 1 heterocycles. The Morgan fingerprint density at radius 3 is 2.46 bits per heavy atom. The van der Waals surface area contributed by atoms with Crippen LogP contribution in [0.15, 0.2) is 71.7 Å². The van der Waals surface area contributed by atoms with E-state index in [9.17, 15) is 14.0 Å². The van der Waals surface area contributed by atoms with E-state index in [-0.39, 0.29) is 30.6 Å². The van der Waals surface area contributed by atoms with Crippen LogP contribution in [0.3, 0.4) is 0 Å². The number of carbonyl (C=O) groups excluding carboxylic acids is 2. The molecule has 0 bridgehead atoms. The van der Waals surface area contributed by atoms with E-state index in [4.69, 9.17) is 4.74 Å². The zero-order valence-corrected chi connectivity index (χ0v) is 20.6. The highest BCUT2D eigenvalue weighted by Crippen LogP contribution is 2.33. The van der Waals surface area contributed by atoms with Crippen LogP contribution < -0.4 is 10.1 Å². The van der Waals surface area contributed by atoms with Crippen LogP contribution >= 0.6 is 11.8 Å². The summed E-state index contributed by atoms with van der Waals surface area (Å²) in [7, 11) is 1.59. The van der Waals surface area contributed by atoms with E-state index in [1.807, 2.05) is 32.0 Å². The average Bonchev–Trinajstić information content (AvgIpc) is 3.11. The highest BCUT2D eigenvalue weighted by molar-refractivity contribution is 8.15. The molecule has 4 rings (SSSR count). The van der Waals surface area contributed by atoms with E-state index in [0.29, 0.717) is 16.6 Å². The number of anilines is 1. The fourth-order valence-electron chi connectivity index (χ4n) is 3.73. The fraction of sp³-hybridized carbons (Fsp3) is 0.222. The van der Waals surface area contributed by atoms with Gasteiger partial charge in [0.1, 0.15) is 16.8 Å². The SMILES string of the molecule is COc1ccc(N=C2SC(CC(=O)Nc3ccc(C)cc3C)C(=O)N2Cc2ccc(F)cc2)cc1. The lowest BCUT2D eigenvalue weighted by atomic mass is 10.1. The maximum Gasteiger partial charge on any atom is 0.242 e. The lowest BCUT2D eigenvalue weighted by molar-refractivity contribution is -0.128. The molecule has 0 aliphatic carbocycles. The van der Waals surface area contributed by atoms with Gasteiger partial charge in [-0.3, -0.25) is 14.5 Å². The van der Waals surface area contributed by atoms with Crippen LogP contribution in [0.2, 0.25) is 0 Å². The zero-order valence-electron chi connectivity index (χ0n) is 19.7. The second-order valence-electron chi connectivity index (χ2n) is 8.32. The molecule has 3 aromatic rings. The molecule has 0 saturated carbocycles. The Bertz CT molecular complexity index is 1260. The zero-order chi connectivity index (χ0) is 24.9. The number of carbonyl (C=O) groups is 2. The Morgan fingerprint density at radius 1 is 1.09 bits per heavy atom. The summed E-state index contributed by atoms with van der Waals surface area (Å²) < 4.78 is 18.6. The summed E-state index contributed by atoms with van der Waals surface area (Å²) >= 11 is 1.26. The standard InChI is InChI=1S/C27H26FN3O3S/c1-17-4-13-23(18(2)14-17)30-25(32)15-24-26(33)31(16-19-5-7-20(28)8-6-19)27(35-24)29-21-9-11-22(34-3)12-10-21/h4-14,24H,15-16H2,1-3H3,(H,30,32). The molecule has 1 unspecified atom stereocenters. The summed E-state index contributed by atoms with van der Waals surface area (Å²) in [5, 5.41) is 2.80. The molecule has 0 radical (unpaired) electrons. The lowest BCUT2D eigenvalue weighted by Gasteiger charge is -2.17. The molecular weight excluding hydrogens is 465 g/mol. The van der Waals surface area contributed by atoms with Gasteiger partial charge in [-0.05, 0) is 67.4 Å². The Morgan fingerprint density at radius 2 is 1.80 bits per heavy atom. The molecule has 3 aromatic carbocycles. The third-order valence-corrected chi connectivity index (χ3v) is 6.77. The highest BCUT2D eigenvalue weighted by Gasteiger charge is 2.39. The van der Waals surface area contributed by atoms with Crippen LogP contribution in [0.1, 0.15) is 23.1 Å². The van der Waals surface area contributed by atoms with Gasteiger partial charge in [0.05, 0.1) is 19.3 Å². The van der Waals surface area contributed by atoms with Crippen LogP contribution in [-0.2, 0) is 16.1 Å². The van der Waals surface area contributed by atoms with Crippen molar-refractivity contribution >= 4 is 40.1 Å². The van der Waals surface area contributed by atoms with Crippen molar-refractivity contribution in [1.29, 1.82) is 0 Å². The molecule has 2 amide bonds. The van der Waals surface area contributed by atoms with Crippen molar-refractivity contribution in [3.05, 3.63) is 89.2 Å². The number of nitrogens with zero attached hydrogens (tertiary/aromatic N) is 2. The van der Waals surface area contributed by atoms with Gasteiger partial charge in [-0.1, -0.05) is 41.6 Å². The van der Waals surface area contributed by atoms with Crippen LogP contribution in [-0.4, -0.2) is 34.2 Å². The van der Waals surface area contributed by atoms with Gasteiger partial charge in [-0.15, -0.1) is 0 Å². The number of rotatable bonds is 7. The molecule has 1 atom stereocenters. The first-order valence-corrected chi connectivity index (χ1v) is 12.0. The average molecular weight is 492 g/mol. The van der Waals surface area contributed by atoms with Gasteiger partial charge in [-0.25, -0.2) is 9.38 Å². The van der Waals surface area contributed by atoms with E-state index in [2.05, 4.69) is 10.3 Å². The van der Waals surface area contributed by atoms with Crippen LogP contribution in [0.25, 0.3) is 0 Å². The minimum absolute atomic E-state index is 0.0123. The van der Waals surface area contributed by atoms with Crippen molar-refractivity contribution in [3.8, 4) is 5.75 Å². The van der Waals surface area contributed by atoms with Crippen molar-refractivity contribution < 1.29 is 18.7 Å². The van der Waals surface area contributed by atoms with Gasteiger partial charge < -0.3 is 10.1 Å². The number of hydrogen-bond acceptors (Lipinski definition) is 5. The fourth-order valence-corrected chi connectivity index (χ4v) is 4.89. The highest BCUT2D eigenvalue weighted by atomic mass is 32.2. The van der Waals surface area contributed by atoms with Crippen LogP contribution in [0.4, 0.5) is 15.8 Å². The first-order valence-electron chi connectivity index (χ1n) is 11.1. The van der Waals surface area contributed by atoms with Crippen molar-refractivity contribution in [3.63, 3.8) is 0 Å². The van der Waals surface area contributed by atoms with Crippen molar-refractivity contribution in [2.75, 3.05) is 12.4 Å². The molecule has 35 heavy (non-hydrogen) atoms. The van der Waals surface area contributed by atoms with Gasteiger partial charge in [0, 0.05) is 12.1 Å². The smallest absolute Gasteiger partial charge is 0.242 e. The molecule has 1 aliphatic rings. The predicted octanol–water partition coefficient (Wildman–Crippen LogP) is 5.61. The van der Waals surface area contributed by atoms with Gasteiger partial charge in [0.15, 0.2) is 5.17 Å². The normalized spacial score (nSPS) is 16.6. The maximum absolute atomic E-state index is 13.4. The number of thioether (sulfide) groups is 1. The van der Waals surface area contributed by atoms with E-state index < -0.39 is 5.25 Å². The van der Waals surface area contributed by atoms with Gasteiger partial charge >= 0.3 is 0 Å². The van der Waals surface area contributed by atoms with Gasteiger partial charge in [0.2, 0.25) is 11.8 Å². The number of ether oxygens (including phenoxy) is 1. The largest absolute Gasteiger partial charge is 0.497 e. The third kappa shape index (κ3) is 6.08. The Balaban J connectivity index is 1.55. The first kappa shape index (κ1) is 24.5. The number of amides is 2. The number of benzene rings is 3. The lowest BCUT2D eigenvalue weighted by Crippen LogP contribution is -2.33. The Labute approximate surface area is 208 Å². The molecule has 1 fully saturated rings. The number of aryl methyl sites for hydroxylation is 2. The number of halogens is 1. The summed E-state index contributed by atoms with van der Waals surface area (Å²) in [4.78, 5) is 32.3. The molecule has 1 saturated heterocycles. The molecule has 1 N–H and O–H groups in total. The molecule has 180 valence electrons. The quantitative estimate of drug-likeness (QED) is 0.466. The monoisotopic (exact) mass is 491 g/mol. The molecule has 6 nitrogen and oxygen atoms in total. The van der Waals surface area contributed by atoms with E-state index >= 15 is 0 Å². The number of nitrogens with one attached hydrogen (secondary N) is 1. The topological polar surface area (TPSA) is 71.0 Å². The first-order chi connectivity index (χ1) is 16.8. The van der Waals surface area contributed by atoms with Crippen molar-refractivity contribution in [1.82, 2.24) is 4.90 Å². The Hall–Kier alpha value is -3.65. The van der Waals surface area contributed by atoms with E-state index in [0.717, 1.165) is 22.4 Å². The summed E-state index contributed by atoms with van der Waals surface area (Å²) in [5.41, 5.74) is 4.22. The van der Waals surface area contributed by atoms with Crippen molar-refractivity contribution in [2.45, 2.75) is 32.1 Å². The van der Waals surface area contributed by atoms with Crippen LogP contribution in [0.5, 0.6) is 5.75 Å². The summed E-state index contributed by atoms with van der Waals surface area (Å²) in [6.07, 6.45) is 0.0123. The molecule has 0 aromatic heterocycles. The summed E-state index contributed by atoms with van der Waals surface area (Å²) in [5.74, 6) is -0.0882. The predicted molar refractivity (Wildman–Crippen MR) is 138 cm³/mol. The minimum atomic E-state index is -0.613. The van der Waals surface area contributed by atoms with Crippen LogP contribution in [0, 0.1) is 19.7 Å². The summed E-state index contributed by atoms with van der Waals surface area (Å²) in [6, 6.07) is 19.0. The molecular formula is C27H26FN3O3S.